The highest BCUT2D eigenvalue weighted by atomic mass is 31.2. The van der Waals surface area contributed by atoms with Crippen molar-refractivity contribution in [3.8, 4) is 17.5 Å². The standard InChI is InChI=1S/C24H30N7OP/c1-15-13-26-23(28-17-8-9-24(2,3)27-14-17)29-19(15)20-18-7-6-16(12-25)22(21(18)31-30-20)33(32)10-4-5-11-33/h6-7,13,17,27H,4-5,8-11,14H2,1-3H3,(H,30,31)(H,26,28,29)/t17-/m0/s1. The van der Waals surface area contributed by atoms with E-state index in [9.17, 15) is 9.83 Å². The number of fused-ring (bicyclic) bond motifs is 1. The average Bonchev–Trinajstić information content (AvgIpc) is 3.42. The summed E-state index contributed by atoms with van der Waals surface area (Å²) in [5, 5.41) is 25.9. The van der Waals surface area contributed by atoms with Gasteiger partial charge in [-0.2, -0.15) is 10.4 Å². The highest BCUT2D eigenvalue weighted by Crippen LogP contribution is 2.53. The minimum absolute atomic E-state index is 0.160. The molecule has 33 heavy (non-hydrogen) atoms. The van der Waals surface area contributed by atoms with Crippen LogP contribution in [0.1, 0.15) is 50.7 Å². The number of hydrogen-bond donors (Lipinski definition) is 3. The summed E-state index contributed by atoms with van der Waals surface area (Å²) in [4.78, 5) is 9.33. The molecule has 2 aliphatic rings. The van der Waals surface area contributed by atoms with Gasteiger partial charge in [-0.15, -0.1) is 0 Å². The molecule has 9 heteroatoms. The zero-order valence-electron chi connectivity index (χ0n) is 19.4. The second kappa shape index (κ2) is 8.23. The van der Waals surface area contributed by atoms with E-state index in [4.69, 9.17) is 4.98 Å². The van der Waals surface area contributed by atoms with Crippen LogP contribution in [0.25, 0.3) is 22.3 Å². The Morgan fingerprint density at radius 3 is 2.76 bits per heavy atom. The van der Waals surface area contributed by atoms with Gasteiger partial charge in [-0.05, 0) is 64.2 Å². The number of benzene rings is 1. The number of nitrogens with zero attached hydrogens (tertiary/aromatic N) is 4. The lowest BCUT2D eigenvalue weighted by molar-refractivity contribution is 0.289. The first-order chi connectivity index (χ1) is 15.8. The van der Waals surface area contributed by atoms with Crippen LogP contribution >= 0.6 is 7.14 Å². The molecule has 2 aliphatic heterocycles. The van der Waals surface area contributed by atoms with E-state index in [1.807, 2.05) is 19.2 Å². The number of rotatable bonds is 4. The smallest absolute Gasteiger partial charge is 0.223 e. The Balaban J connectivity index is 1.53. The van der Waals surface area contributed by atoms with Crippen LogP contribution in [-0.2, 0) is 4.57 Å². The molecule has 2 fully saturated rings. The summed E-state index contributed by atoms with van der Waals surface area (Å²) in [5.74, 6) is 0.585. The van der Waals surface area contributed by atoms with E-state index in [1.165, 1.54) is 0 Å². The molecule has 8 nitrogen and oxygen atoms in total. The lowest BCUT2D eigenvalue weighted by Gasteiger charge is -2.36. The fourth-order valence-corrected chi connectivity index (χ4v) is 8.27. The molecule has 2 saturated heterocycles. The van der Waals surface area contributed by atoms with Gasteiger partial charge in [0.15, 0.2) is 0 Å². The Kier molecular flexibility index (Phi) is 5.50. The number of H-pyrrole nitrogens is 1. The topological polar surface area (TPSA) is 119 Å². The normalized spacial score (nSPS) is 21.7. The molecular weight excluding hydrogens is 433 g/mol. The first kappa shape index (κ1) is 22.1. The SMILES string of the molecule is Cc1cnc(N[C@H]2CCC(C)(C)NC2)nc1-c1[nH]nc2c(P3(=O)CCCC3)c(C#N)ccc12. The molecule has 0 aliphatic carbocycles. The molecule has 0 saturated carbocycles. The monoisotopic (exact) mass is 463 g/mol. The van der Waals surface area contributed by atoms with E-state index >= 15 is 0 Å². The summed E-state index contributed by atoms with van der Waals surface area (Å²) < 4.78 is 13.7. The molecule has 0 radical (unpaired) electrons. The maximum absolute atomic E-state index is 13.7. The Morgan fingerprint density at radius 2 is 2.06 bits per heavy atom. The molecule has 0 spiro atoms. The molecule has 4 heterocycles. The predicted molar refractivity (Wildman–Crippen MR) is 132 cm³/mol. The predicted octanol–water partition coefficient (Wildman–Crippen LogP) is 3.92. The van der Waals surface area contributed by atoms with Crippen molar-refractivity contribution in [3.05, 3.63) is 29.5 Å². The zero-order chi connectivity index (χ0) is 23.2. The highest BCUT2D eigenvalue weighted by Gasteiger charge is 2.34. The molecular formula is C24H30N7OP. The largest absolute Gasteiger partial charge is 0.350 e. The Morgan fingerprint density at radius 1 is 1.27 bits per heavy atom. The van der Waals surface area contributed by atoms with Crippen molar-refractivity contribution in [2.24, 2.45) is 0 Å². The fourth-order valence-electron chi connectivity index (χ4n) is 5.02. The van der Waals surface area contributed by atoms with Gasteiger partial charge in [-0.25, -0.2) is 9.97 Å². The van der Waals surface area contributed by atoms with Crippen LogP contribution in [0, 0.1) is 18.3 Å². The second-order valence-electron chi connectivity index (χ2n) is 9.98. The lowest BCUT2D eigenvalue weighted by Crippen LogP contribution is -2.50. The van der Waals surface area contributed by atoms with E-state index in [2.05, 4.69) is 45.7 Å². The first-order valence-corrected chi connectivity index (χ1v) is 13.7. The summed E-state index contributed by atoms with van der Waals surface area (Å²) in [6.45, 7) is 7.28. The summed E-state index contributed by atoms with van der Waals surface area (Å²) in [7, 11) is -2.61. The number of nitriles is 1. The summed E-state index contributed by atoms with van der Waals surface area (Å²) in [6.07, 6.45) is 7.12. The van der Waals surface area contributed by atoms with Crippen LogP contribution in [0.3, 0.4) is 0 Å². The van der Waals surface area contributed by atoms with Gasteiger partial charge >= 0.3 is 0 Å². The first-order valence-electron chi connectivity index (χ1n) is 11.7. The fraction of sp³-hybridized carbons (Fsp3) is 0.500. The lowest BCUT2D eigenvalue weighted by atomic mass is 9.91. The molecule has 1 aromatic carbocycles. The van der Waals surface area contributed by atoms with Crippen LogP contribution in [0.15, 0.2) is 18.3 Å². The number of aromatic amines is 1. The van der Waals surface area contributed by atoms with E-state index in [1.54, 1.807) is 6.07 Å². The summed E-state index contributed by atoms with van der Waals surface area (Å²) in [6, 6.07) is 6.18. The second-order valence-corrected chi connectivity index (χ2v) is 13.1. The third-order valence-corrected chi connectivity index (χ3v) is 10.3. The molecule has 0 amide bonds. The van der Waals surface area contributed by atoms with Crippen LogP contribution < -0.4 is 15.9 Å². The molecule has 1 atom stereocenters. The molecule has 0 bridgehead atoms. The molecule has 3 N–H and O–H groups in total. The number of aromatic nitrogens is 4. The summed E-state index contributed by atoms with van der Waals surface area (Å²) in [5.41, 5.74) is 3.73. The highest BCUT2D eigenvalue weighted by molar-refractivity contribution is 7.72. The molecule has 172 valence electrons. The number of anilines is 1. The van der Waals surface area contributed by atoms with Crippen LogP contribution in [0.5, 0.6) is 0 Å². The molecule has 3 aromatic rings. The Bertz CT molecular complexity index is 1290. The maximum atomic E-state index is 13.7. The van der Waals surface area contributed by atoms with Gasteiger partial charge in [0.05, 0.1) is 28.3 Å². The molecule has 2 aromatic heterocycles. The van der Waals surface area contributed by atoms with Gasteiger partial charge in [-0.3, -0.25) is 5.10 Å². The number of nitrogens with one attached hydrogen (secondary N) is 3. The van der Waals surface area contributed by atoms with Crippen molar-refractivity contribution in [1.82, 2.24) is 25.5 Å². The van der Waals surface area contributed by atoms with Crippen molar-refractivity contribution in [1.29, 1.82) is 5.26 Å². The minimum Gasteiger partial charge on any atom is -0.350 e. The van der Waals surface area contributed by atoms with Gasteiger partial charge in [0.1, 0.15) is 12.7 Å². The van der Waals surface area contributed by atoms with Gasteiger partial charge < -0.3 is 15.2 Å². The van der Waals surface area contributed by atoms with Crippen molar-refractivity contribution in [3.63, 3.8) is 0 Å². The zero-order valence-corrected chi connectivity index (χ0v) is 20.3. The van der Waals surface area contributed by atoms with E-state index in [0.717, 1.165) is 54.6 Å². The molecule has 0 unspecified atom stereocenters. The van der Waals surface area contributed by atoms with E-state index in [-0.39, 0.29) is 11.6 Å². The van der Waals surface area contributed by atoms with Crippen molar-refractivity contribution < 1.29 is 4.57 Å². The third kappa shape index (κ3) is 4.05. The number of hydrogen-bond acceptors (Lipinski definition) is 7. The maximum Gasteiger partial charge on any atom is 0.223 e. The van der Waals surface area contributed by atoms with Gasteiger partial charge in [0.25, 0.3) is 0 Å². The van der Waals surface area contributed by atoms with Gasteiger partial charge in [0, 0.05) is 42.0 Å². The Labute approximate surface area is 194 Å². The third-order valence-electron chi connectivity index (χ3n) is 7.00. The number of piperidine rings is 1. The van der Waals surface area contributed by atoms with Crippen molar-refractivity contribution in [2.45, 2.75) is 58.0 Å². The Hall–Kier alpha value is -2.75. The number of aryl methyl sites for hydroxylation is 1. The summed E-state index contributed by atoms with van der Waals surface area (Å²) >= 11 is 0. The minimum atomic E-state index is -2.61. The average molecular weight is 464 g/mol. The molecule has 5 rings (SSSR count). The van der Waals surface area contributed by atoms with Crippen molar-refractivity contribution >= 4 is 29.3 Å². The quantitative estimate of drug-likeness (QED) is 0.502. The van der Waals surface area contributed by atoms with E-state index in [0.29, 0.717) is 34.7 Å². The van der Waals surface area contributed by atoms with Crippen molar-refractivity contribution in [2.75, 3.05) is 24.2 Å². The van der Waals surface area contributed by atoms with Gasteiger partial charge in [0.2, 0.25) is 5.95 Å². The van der Waals surface area contributed by atoms with Crippen LogP contribution in [-0.4, -0.2) is 50.6 Å². The van der Waals surface area contributed by atoms with Crippen LogP contribution in [0.4, 0.5) is 5.95 Å². The van der Waals surface area contributed by atoms with E-state index < -0.39 is 7.14 Å². The van der Waals surface area contributed by atoms with Crippen LogP contribution in [0.2, 0.25) is 0 Å². The van der Waals surface area contributed by atoms with Gasteiger partial charge in [-0.1, -0.05) is 0 Å².